The first-order valence-electron chi connectivity index (χ1n) is 8.23. The van der Waals surface area contributed by atoms with E-state index < -0.39 is 0 Å². The third kappa shape index (κ3) is 3.03. The number of H-pyrrole nitrogens is 1. The molecule has 0 aliphatic carbocycles. The van der Waals surface area contributed by atoms with Crippen LogP contribution in [0.4, 0.5) is 0 Å². The van der Waals surface area contributed by atoms with Crippen molar-refractivity contribution < 1.29 is 9.53 Å². The largest absolute Gasteiger partial charge is 0.368 e. The van der Waals surface area contributed by atoms with E-state index in [-0.39, 0.29) is 12.0 Å². The molecule has 3 aromatic rings. The van der Waals surface area contributed by atoms with Crippen LogP contribution < -0.4 is 5.32 Å². The van der Waals surface area contributed by atoms with Crippen molar-refractivity contribution in [3.8, 4) is 11.4 Å². The molecule has 1 atom stereocenters. The van der Waals surface area contributed by atoms with Crippen LogP contribution in [0.5, 0.6) is 0 Å². The molecule has 5 heteroatoms. The highest BCUT2D eigenvalue weighted by Crippen LogP contribution is 2.20. The molecule has 0 saturated carbocycles. The van der Waals surface area contributed by atoms with Gasteiger partial charge in [0.25, 0.3) is 0 Å². The molecule has 24 heavy (non-hydrogen) atoms. The van der Waals surface area contributed by atoms with Crippen molar-refractivity contribution in [1.29, 1.82) is 0 Å². The standard InChI is InChI=1S/C19H19N3O2/c23-19(17-6-3-11-24-17)20-12-13-7-9-14(10-8-13)18-21-15-4-1-2-5-16(15)22-18/h1-2,4-5,7-10,17H,3,6,11-12H2,(H,20,23)(H,21,22)/t17-/m0/s1. The molecule has 2 N–H and O–H groups in total. The maximum Gasteiger partial charge on any atom is 0.249 e. The van der Waals surface area contributed by atoms with Crippen LogP contribution in [0.2, 0.25) is 0 Å². The number of hydrogen-bond donors (Lipinski definition) is 2. The average Bonchev–Trinajstić information content (AvgIpc) is 3.29. The Morgan fingerprint density at radius 3 is 2.79 bits per heavy atom. The lowest BCUT2D eigenvalue weighted by Gasteiger charge is -2.10. The minimum absolute atomic E-state index is 0.0196. The van der Waals surface area contributed by atoms with Crippen molar-refractivity contribution in [3.05, 3.63) is 54.1 Å². The van der Waals surface area contributed by atoms with Crippen molar-refractivity contribution in [1.82, 2.24) is 15.3 Å². The van der Waals surface area contributed by atoms with Gasteiger partial charge in [-0.25, -0.2) is 4.98 Å². The fourth-order valence-electron chi connectivity index (χ4n) is 2.96. The molecule has 1 fully saturated rings. The normalized spacial score (nSPS) is 17.2. The maximum absolute atomic E-state index is 12.0. The molecule has 1 amide bonds. The Morgan fingerprint density at radius 2 is 2.04 bits per heavy atom. The number of nitrogens with one attached hydrogen (secondary N) is 2. The number of para-hydroxylation sites is 2. The molecule has 2 aromatic carbocycles. The highest BCUT2D eigenvalue weighted by atomic mass is 16.5. The third-order valence-electron chi connectivity index (χ3n) is 4.31. The van der Waals surface area contributed by atoms with Gasteiger partial charge in [0.2, 0.25) is 5.91 Å². The number of aromatic amines is 1. The number of carbonyl (C=O) groups excluding carboxylic acids is 1. The van der Waals surface area contributed by atoms with Gasteiger partial charge in [0, 0.05) is 18.7 Å². The molecule has 0 unspecified atom stereocenters. The van der Waals surface area contributed by atoms with Crippen LogP contribution in [-0.4, -0.2) is 28.6 Å². The van der Waals surface area contributed by atoms with Gasteiger partial charge in [-0.15, -0.1) is 0 Å². The number of aromatic nitrogens is 2. The molecule has 1 saturated heterocycles. The summed E-state index contributed by atoms with van der Waals surface area (Å²) in [6.45, 7) is 1.20. The summed E-state index contributed by atoms with van der Waals surface area (Å²) in [4.78, 5) is 19.9. The summed E-state index contributed by atoms with van der Waals surface area (Å²) in [7, 11) is 0. The predicted molar refractivity (Wildman–Crippen MR) is 92.4 cm³/mol. The summed E-state index contributed by atoms with van der Waals surface area (Å²) in [5, 5.41) is 2.93. The van der Waals surface area contributed by atoms with Crippen molar-refractivity contribution in [3.63, 3.8) is 0 Å². The highest BCUT2D eigenvalue weighted by molar-refractivity contribution is 5.81. The van der Waals surface area contributed by atoms with Gasteiger partial charge in [0.15, 0.2) is 0 Å². The molecular formula is C19H19N3O2. The van der Waals surface area contributed by atoms with Gasteiger partial charge in [-0.2, -0.15) is 0 Å². The molecule has 0 spiro atoms. The molecular weight excluding hydrogens is 302 g/mol. The third-order valence-corrected chi connectivity index (χ3v) is 4.31. The van der Waals surface area contributed by atoms with E-state index >= 15 is 0 Å². The minimum atomic E-state index is -0.278. The second kappa shape index (κ2) is 6.45. The zero-order valence-electron chi connectivity index (χ0n) is 13.3. The quantitative estimate of drug-likeness (QED) is 0.776. The first kappa shape index (κ1) is 14.9. The van der Waals surface area contributed by atoms with E-state index in [1.807, 2.05) is 48.5 Å². The second-order valence-electron chi connectivity index (χ2n) is 6.02. The Kier molecular flexibility index (Phi) is 4.01. The number of benzene rings is 2. The van der Waals surface area contributed by atoms with Crippen LogP contribution in [-0.2, 0) is 16.1 Å². The molecule has 4 rings (SSSR count). The number of carbonyl (C=O) groups is 1. The summed E-state index contributed by atoms with van der Waals surface area (Å²) in [6.07, 6.45) is 1.50. The van der Waals surface area contributed by atoms with Crippen molar-refractivity contribution in [2.45, 2.75) is 25.5 Å². The van der Waals surface area contributed by atoms with Gasteiger partial charge >= 0.3 is 0 Å². The summed E-state index contributed by atoms with van der Waals surface area (Å²) >= 11 is 0. The molecule has 1 aliphatic rings. The number of ether oxygens (including phenoxy) is 1. The van der Waals surface area contributed by atoms with Crippen LogP contribution in [0.1, 0.15) is 18.4 Å². The van der Waals surface area contributed by atoms with Gasteiger partial charge in [0.1, 0.15) is 11.9 Å². The summed E-state index contributed by atoms with van der Waals surface area (Å²) in [5.74, 6) is 0.833. The first-order chi connectivity index (χ1) is 11.8. The lowest BCUT2D eigenvalue weighted by atomic mass is 10.1. The average molecular weight is 321 g/mol. The van der Waals surface area contributed by atoms with Crippen molar-refractivity contribution in [2.75, 3.05) is 6.61 Å². The SMILES string of the molecule is O=C(NCc1ccc(-c2nc3ccccc3[nH]2)cc1)[C@@H]1CCCO1. The fraction of sp³-hybridized carbons (Fsp3) is 0.263. The Balaban J connectivity index is 1.43. The minimum Gasteiger partial charge on any atom is -0.368 e. The molecule has 0 radical (unpaired) electrons. The Labute approximate surface area is 140 Å². The monoisotopic (exact) mass is 321 g/mol. The van der Waals surface area contributed by atoms with E-state index in [2.05, 4.69) is 15.3 Å². The van der Waals surface area contributed by atoms with Gasteiger partial charge in [-0.1, -0.05) is 36.4 Å². The smallest absolute Gasteiger partial charge is 0.249 e. The number of hydrogen-bond acceptors (Lipinski definition) is 3. The van der Waals surface area contributed by atoms with E-state index in [1.165, 1.54) is 0 Å². The molecule has 0 bridgehead atoms. The number of imidazole rings is 1. The van der Waals surface area contributed by atoms with E-state index in [0.29, 0.717) is 13.2 Å². The van der Waals surface area contributed by atoms with Gasteiger partial charge in [-0.3, -0.25) is 4.79 Å². The molecule has 2 heterocycles. The number of amides is 1. The van der Waals surface area contributed by atoms with Crippen LogP contribution in [0.3, 0.4) is 0 Å². The topological polar surface area (TPSA) is 67.0 Å². The summed E-state index contributed by atoms with van der Waals surface area (Å²) < 4.78 is 5.38. The van der Waals surface area contributed by atoms with Crippen molar-refractivity contribution >= 4 is 16.9 Å². The molecule has 5 nitrogen and oxygen atoms in total. The number of nitrogens with zero attached hydrogens (tertiary/aromatic N) is 1. The summed E-state index contributed by atoms with van der Waals surface area (Å²) in [6, 6.07) is 16.0. The van der Waals surface area contributed by atoms with E-state index in [1.54, 1.807) is 0 Å². The lowest BCUT2D eigenvalue weighted by Crippen LogP contribution is -2.33. The van der Waals surface area contributed by atoms with Crippen LogP contribution in [0.15, 0.2) is 48.5 Å². The van der Waals surface area contributed by atoms with Gasteiger partial charge in [0.05, 0.1) is 11.0 Å². The zero-order chi connectivity index (χ0) is 16.4. The van der Waals surface area contributed by atoms with Crippen LogP contribution in [0, 0.1) is 0 Å². The van der Waals surface area contributed by atoms with E-state index in [4.69, 9.17) is 4.74 Å². The molecule has 1 aromatic heterocycles. The van der Waals surface area contributed by atoms with Gasteiger partial charge in [-0.05, 0) is 30.5 Å². The Morgan fingerprint density at radius 1 is 1.21 bits per heavy atom. The van der Waals surface area contributed by atoms with Crippen LogP contribution in [0.25, 0.3) is 22.4 Å². The first-order valence-corrected chi connectivity index (χ1v) is 8.23. The van der Waals surface area contributed by atoms with Crippen molar-refractivity contribution in [2.24, 2.45) is 0 Å². The maximum atomic E-state index is 12.0. The lowest BCUT2D eigenvalue weighted by molar-refractivity contribution is -0.130. The Hall–Kier alpha value is -2.66. The number of fused-ring (bicyclic) bond motifs is 1. The van der Waals surface area contributed by atoms with E-state index in [9.17, 15) is 4.79 Å². The molecule has 122 valence electrons. The van der Waals surface area contributed by atoms with Gasteiger partial charge < -0.3 is 15.0 Å². The zero-order valence-corrected chi connectivity index (χ0v) is 13.3. The fourth-order valence-corrected chi connectivity index (χ4v) is 2.96. The predicted octanol–water partition coefficient (Wildman–Crippen LogP) is 3.03. The van der Waals surface area contributed by atoms with Crippen LogP contribution >= 0.6 is 0 Å². The Bertz CT molecular complexity index is 815. The second-order valence-corrected chi connectivity index (χ2v) is 6.02. The number of rotatable bonds is 4. The highest BCUT2D eigenvalue weighted by Gasteiger charge is 2.22. The molecule has 1 aliphatic heterocycles. The summed E-state index contributed by atoms with van der Waals surface area (Å²) in [5.41, 5.74) is 4.07. The van der Waals surface area contributed by atoms with E-state index in [0.717, 1.165) is 40.8 Å².